The number of anilines is 2. The predicted molar refractivity (Wildman–Crippen MR) is 148 cm³/mol. The highest BCUT2D eigenvalue weighted by Crippen LogP contribution is 2.41. The van der Waals surface area contributed by atoms with E-state index in [0.29, 0.717) is 46.0 Å². The van der Waals surface area contributed by atoms with Crippen molar-refractivity contribution in [3.05, 3.63) is 60.2 Å². The molecule has 0 unspecified atom stereocenters. The number of rotatable bonds is 9. The lowest BCUT2D eigenvalue weighted by Gasteiger charge is -2.35. The molecule has 0 aliphatic carbocycles. The fourth-order valence-electron chi connectivity index (χ4n) is 4.34. The number of piperazine rings is 1. The van der Waals surface area contributed by atoms with Crippen LogP contribution in [0, 0.1) is 5.82 Å². The molecule has 4 aromatic rings. The van der Waals surface area contributed by atoms with Crippen LogP contribution in [0.3, 0.4) is 0 Å². The summed E-state index contributed by atoms with van der Waals surface area (Å²) in [4.78, 5) is 2.48. The number of phenolic OH excluding ortho intramolecular Hbond substituents is 1. The Bertz CT molecular complexity index is 1560. The van der Waals surface area contributed by atoms with Crippen LogP contribution >= 0.6 is 11.8 Å². The molecule has 3 aromatic carbocycles. The van der Waals surface area contributed by atoms with Crippen molar-refractivity contribution in [3.63, 3.8) is 0 Å². The number of nitrogens with zero attached hydrogens (tertiary/aromatic N) is 5. The SMILES string of the molecule is CC(C)Oc1cc(N2CCN(S(=O)(=O)Nc3cc(SCc4nn[nH]n4)c(O)c4ccccc34)CC2)ccc1F. The van der Waals surface area contributed by atoms with Gasteiger partial charge >= 0.3 is 10.2 Å². The van der Waals surface area contributed by atoms with Crippen LogP contribution in [-0.4, -0.2) is 70.7 Å². The minimum Gasteiger partial charge on any atom is -0.506 e. The molecule has 1 aromatic heterocycles. The second kappa shape index (κ2) is 11.2. The fourth-order valence-corrected chi connectivity index (χ4v) is 6.41. The van der Waals surface area contributed by atoms with Crippen LogP contribution in [0.15, 0.2) is 53.4 Å². The van der Waals surface area contributed by atoms with Gasteiger partial charge in [-0.15, -0.1) is 22.0 Å². The van der Waals surface area contributed by atoms with Crippen LogP contribution in [0.1, 0.15) is 19.7 Å². The van der Waals surface area contributed by atoms with Crippen molar-refractivity contribution in [1.82, 2.24) is 24.9 Å². The lowest BCUT2D eigenvalue weighted by molar-refractivity contribution is 0.231. The van der Waals surface area contributed by atoms with Gasteiger partial charge in [-0.2, -0.15) is 17.9 Å². The highest BCUT2D eigenvalue weighted by Gasteiger charge is 2.28. The minimum atomic E-state index is -3.91. The summed E-state index contributed by atoms with van der Waals surface area (Å²) in [6, 6.07) is 13.3. The van der Waals surface area contributed by atoms with Gasteiger partial charge in [-0.1, -0.05) is 29.5 Å². The summed E-state index contributed by atoms with van der Waals surface area (Å²) < 4.78 is 50.7. The number of tetrazole rings is 1. The largest absolute Gasteiger partial charge is 0.506 e. The highest BCUT2D eigenvalue weighted by molar-refractivity contribution is 7.98. The van der Waals surface area contributed by atoms with Gasteiger partial charge in [0.15, 0.2) is 17.4 Å². The molecule has 2 heterocycles. The van der Waals surface area contributed by atoms with E-state index in [1.165, 1.54) is 22.1 Å². The Kier molecular flexibility index (Phi) is 7.77. The molecule has 5 rings (SSSR count). The number of fused-ring (bicyclic) bond motifs is 1. The number of nitrogens with one attached hydrogen (secondary N) is 2. The number of phenols is 1. The number of hydrogen-bond acceptors (Lipinski definition) is 9. The van der Waals surface area contributed by atoms with Crippen molar-refractivity contribution >= 4 is 44.1 Å². The average molecular weight is 574 g/mol. The van der Waals surface area contributed by atoms with Gasteiger partial charge in [0.05, 0.1) is 22.4 Å². The molecule has 0 spiro atoms. The molecule has 0 saturated carbocycles. The van der Waals surface area contributed by atoms with Crippen LogP contribution in [0.2, 0.25) is 0 Å². The average Bonchev–Trinajstić information content (AvgIpc) is 3.44. The van der Waals surface area contributed by atoms with E-state index in [0.717, 1.165) is 5.69 Å². The molecule has 3 N–H and O–H groups in total. The van der Waals surface area contributed by atoms with E-state index in [1.807, 2.05) is 18.7 Å². The van der Waals surface area contributed by atoms with Crippen molar-refractivity contribution in [2.45, 2.75) is 30.6 Å². The number of aromatic amines is 1. The second-order valence-electron chi connectivity index (χ2n) is 9.21. The number of aromatic hydroxyl groups is 1. The van der Waals surface area contributed by atoms with Crippen molar-refractivity contribution in [3.8, 4) is 11.5 Å². The summed E-state index contributed by atoms with van der Waals surface area (Å²) in [5.74, 6) is 0.580. The number of halogens is 1. The lowest BCUT2D eigenvalue weighted by Crippen LogP contribution is -2.50. The zero-order chi connectivity index (χ0) is 27.6. The molecule has 14 heteroatoms. The number of thioether (sulfide) groups is 1. The summed E-state index contributed by atoms with van der Waals surface area (Å²) in [6.45, 7) is 4.99. The Hall–Kier alpha value is -3.62. The predicted octanol–water partition coefficient (Wildman–Crippen LogP) is 3.76. The van der Waals surface area contributed by atoms with Crippen LogP contribution in [0.25, 0.3) is 10.8 Å². The van der Waals surface area contributed by atoms with Gasteiger partial charge < -0.3 is 14.7 Å². The van der Waals surface area contributed by atoms with Crippen molar-refractivity contribution in [2.75, 3.05) is 35.8 Å². The number of hydrogen-bond donors (Lipinski definition) is 3. The first-order valence-corrected chi connectivity index (χ1v) is 14.7. The Balaban J connectivity index is 1.33. The van der Waals surface area contributed by atoms with Crippen molar-refractivity contribution < 1.29 is 22.7 Å². The third-order valence-electron chi connectivity index (χ3n) is 6.19. The van der Waals surface area contributed by atoms with E-state index in [2.05, 4.69) is 25.3 Å². The first-order chi connectivity index (χ1) is 18.7. The van der Waals surface area contributed by atoms with E-state index in [1.54, 1.807) is 42.5 Å². The maximum absolute atomic E-state index is 14.1. The summed E-state index contributed by atoms with van der Waals surface area (Å²) in [5, 5.41) is 25.7. The van der Waals surface area contributed by atoms with Gasteiger partial charge in [0.25, 0.3) is 0 Å². The van der Waals surface area contributed by atoms with Gasteiger partial charge in [0.2, 0.25) is 0 Å². The maximum Gasteiger partial charge on any atom is 0.301 e. The lowest BCUT2D eigenvalue weighted by atomic mass is 10.1. The number of H-pyrrole nitrogens is 1. The quantitative estimate of drug-likeness (QED) is 0.202. The number of ether oxygens (including phenoxy) is 1. The van der Waals surface area contributed by atoms with Gasteiger partial charge in [-0.3, -0.25) is 4.72 Å². The summed E-state index contributed by atoms with van der Waals surface area (Å²) in [5.41, 5.74) is 1.13. The first kappa shape index (κ1) is 27.0. The zero-order valence-corrected chi connectivity index (χ0v) is 23.0. The Morgan fingerprint density at radius 3 is 2.56 bits per heavy atom. The monoisotopic (exact) mass is 573 g/mol. The third-order valence-corrected chi connectivity index (χ3v) is 8.73. The van der Waals surface area contributed by atoms with Crippen molar-refractivity contribution in [2.24, 2.45) is 0 Å². The Morgan fingerprint density at radius 1 is 1.13 bits per heavy atom. The second-order valence-corrected chi connectivity index (χ2v) is 11.9. The van der Waals surface area contributed by atoms with Crippen LogP contribution in [0.4, 0.5) is 15.8 Å². The summed E-state index contributed by atoms with van der Waals surface area (Å²) in [7, 11) is -3.91. The molecule has 1 saturated heterocycles. The molecule has 1 fully saturated rings. The van der Waals surface area contributed by atoms with Gasteiger partial charge in [0, 0.05) is 48.7 Å². The van der Waals surface area contributed by atoms with E-state index < -0.39 is 16.0 Å². The van der Waals surface area contributed by atoms with E-state index >= 15 is 0 Å². The van der Waals surface area contributed by atoms with E-state index in [-0.39, 0.29) is 30.7 Å². The van der Waals surface area contributed by atoms with Crippen LogP contribution in [-0.2, 0) is 16.0 Å². The van der Waals surface area contributed by atoms with Crippen LogP contribution < -0.4 is 14.4 Å². The molecular weight excluding hydrogens is 545 g/mol. The molecule has 1 aliphatic heterocycles. The summed E-state index contributed by atoms with van der Waals surface area (Å²) >= 11 is 1.27. The molecule has 11 nitrogen and oxygen atoms in total. The normalized spacial score (nSPS) is 14.7. The fraction of sp³-hybridized carbons (Fsp3) is 0.320. The molecule has 0 radical (unpaired) electrons. The zero-order valence-electron chi connectivity index (χ0n) is 21.3. The summed E-state index contributed by atoms with van der Waals surface area (Å²) in [6.07, 6.45) is -0.170. The molecular formula is C25H28FN7O4S2. The van der Waals surface area contributed by atoms with E-state index in [9.17, 15) is 17.9 Å². The van der Waals surface area contributed by atoms with Crippen LogP contribution in [0.5, 0.6) is 11.5 Å². The Morgan fingerprint density at radius 2 is 1.87 bits per heavy atom. The molecule has 0 bridgehead atoms. The highest BCUT2D eigenvalue weighted by atomic mass is 32.2. The van der Waals surface area contributed by atoms with Gasteiger partial charge in [-0.05, 0) is 32.0 Å². The third kappa shape index (κ3) is 6.02. The van der Waals surface area contributed by atoms with Gasteiger partial charge in [-0.25, -0.2) is 4.39 Å². The molecule has 1 aliphatic rings. The molecule has 0 atom stereocenters. The standard InChI is InChI=1S/C25H28FN7O4S2/c1-16(2)37-22-13-17(7-8-20(22)26)32-9-11-33(12-10-32)39(35,36)29-21-14-23(38-15-24-27-30-31-28-24)25(34)19-6-4-3-5-18(19)21/h3-8,13-14,16,29,34H,9-12,15H2,1-2H3,(H,27,28,30,31). The number of aromatic nitrogens is 4. The van der Waals surface area contributed by atoms with Gasteiger partial charge in [0.1, 0.15) is 5.75 Å². The Labute approximate surface area is 229 Å². The first-order valence-electron chi connectivity index (χ1n) is 12.3. The van der Waals surface area contributed by atoms with Crippen molar-refractivity contribution in [1.29, 1.82) is 0 Å². The topological polar surface area (TPSA) is 137 Å². The smallest absolute Gasteiger partial charge is 0.301 e. The minimum absolute atomic E-state index is 0.0516. The molecule has 0 amide bonds. The maximum atomic E-state index is 14.1. The molecule has 206 valence electrons. The number of benzene rings is 3. The molecule has 39 heavy (non-hydrogen) atoms. The van der Waals surface area contributed by atoms with E-state index in [4.69, 9.17) is 4.74 Å².